The quantitative estimate of drug-likeness (QED) is 0.230. The standard InChI is InChI=1S/C23H36O2S/c1-3-4-5-6-7-8-9-10-11-12-13-14-15-16-17-18-19-20-21-26-22(2)23(24)25/h4-5,7-8,10-11,13-14,16-17,22H,3,6,9,12,15,18-21H2,1-2H3,(H,24,25)/b5-4-,8-7-,11-10+,14-13-,17-16-. The topological polar surface area (TPSA) is 37.3 Å². The summed E-state index contributed by atoms with van der Waals surface area (Å²) in [5, 5.41) is 8.50. The van der Waals surface area contributed by atoms with Crippen molar-refractivity contribution in [3.63, 3.8) is 0 Å². The van der Waals surface area contributed by atoms with Gasteiger partial charge in [-0.25, -0.2) is 0 Å². The largest absolute Gasteiger partial charge is 0.480 e. The molecule has 0 aromatic carbocycles. The van der Waals surface area contributed by atoms with Crippen molar-refractivity contribution in [3.8, 4) is 0 Å². The maximum absolute atomic E-state index is 10.7. The highest BCUT2D eigenvalue weighted by atomic mass is 32.2. The van der Waals surface area contributed by atoms with Crippen LogP contribution >= 0.6 is 11.8 Å². The second kappa shape index (κ2) is 19.8. The zero-order valence-corrected chi connectivity index (χ0v) is 17.3. The van der Waals surface area contributed by atoms with Crippen LogP contribution in [0.25, 0.3) is 0 Å². The van der Waals surface area contributed by atoms with Crippen LogP contribution in [0.4, 0.5) is 0 Å². The van der Waals surface area contributed by atoms with Crippen molar-refractivity contribution in [1.29, 1.82) is 0 Å². The molecule has 0 aliphatic rings. The second-order valence-electron chi connectivity index (χ2n) is 6.06. The van der Waals surface area contributed by atoms with E-state index < -0.39 is 5.97 Å². The van der Waals surface area contributed by atoms with E-state index in [9.17, 15) is 4.79 Å². The maximum atomic E-state index is 10.7. The van der Waals surface area contributed by atoms with E-state index in [1.54, 1.807) is 6.92 Å². The summed E-state index contributed by atoms with van der Waals surface area (Å²) >= 11 is 1.52. The van der Waals surface area contributed by atoms with Crippen LogP contribution in [0.15, 0.2) is 60.8 Å². The highest BCUT2D eigenvalue weighted by Crippen LogP contribution is 2.13. The summed E-state index contributed by atoms with van der Waals surface area (Å²) < 4.78 is 0. The van der Waals surface area contributed by atoms with E-state index in [0.717, 1.165) is 57.1 Å². The molecule has 0 radical (unpaired) electrons. The van der Waals surface area contributed by atoms with E-state index in [1.165, 1.54) is 11.8 Å². The van der Waals surface area contributed by atoms with Crippen molar-refractivity contribution in [1.82, 2.24) is 0 Å². The van der Waals surface area contributed by atoms with Gasteiger partial charge < -0.3 is 5.11 Å². The molecule has 0 aliphatic heterocycles. The molecule has 0 aliphatic carbocycles. The van der Waals surface area contributed by atoms with Gasteiger partial charge in [-0.3, -0.25) is 4.79 Å². The Morgan fingerprint density at radius 1 is 0.808 bits per heavy atom. The zero-order valence-electron chi connectivity index (χ0n) is 16.5. The van der Waals surface area contributed by atoms with Gasteiger partial charge in [0.05, 0.1) is 5.25 Å². The van der Waals surface area contributed by atoms with Gasteiger partial charge in [0.25, 0.3) is 0 Å². The molecule has 2 nitrogen and oxygen atoms in total. The van der Waals surface area contributed by atoms with E-state index in [0.29, 0.717) is 0 Å². The van der Waals surface area contributed by atoms with Gasteiger partial charge in [-0.1, -0.05) is 67.7 Å². The molecule has 0 amide bonds. The highest BCUT2D eigenvalue weighted by Gasteiger charge is 2.09. The molecular formula is C23H36O2S. The van der Waals surface area contributed by atoms with E-state index in [1.807, 2.05) is 0 Å². The number of allylic oxidation sites excluding steroid dienone is 10. The van der Waals surface area contributed by atoms with E-state index in [-0.39, 0.29) is 5.25 Å². The summed E-state index contributed by atoms with van der Waals surface area (Å²) in [5.41, 5.74) is 0. The molecule has 0 heterocycles. The number of carboxylic acids is 1. The fourth-order valence-electron chi connectivity index (χ4n) is 2.06. The SMILES string of the molecule is CC/C=C\C/C=C\C/C=C/C/C=C\C/C=C\CCCCSC(C)C(=O)O. The van der Waals surface area contributed by atoms with Crippen LogP contribution in [-0.4, -0.2) is 22.1 Å². The van der Waals surface area contributed by atoms with Gasteiger partial charge in [0.15, 0.2) is 0 Å². The third kappa shape index (κ3) is 18.9. The van der Waals surface area contributed by atoms with E-state index in [2.05, 4.69) is 67.7 Å². The Hall–Kier alpha value is -1.48. The molecule has 0 fully saturated rings. The minimum atomic E-state index is -0.715. The first-order chi connectivity index (χ1) is 12.7. The molecule has 0 rings (SSSR count). The number of unbranched alkanes of at least 4 members (excludes halogenated alkanes) is 2. The summed E-state index contributed by atoms with van der Waals surface area (Å²) in [4.78, 5) is 10.7. The van der Waals surface area contributed by atoms with Gasteiger partial charge in [-0.05, 0) is 64.0 Å². The summed E-state index contributed by atoms with van der Waals surface area (Å²) in [5.74, 6) is 0.214. The fourth-order valence-corrected chi connectivity index (χ4v) is 2.93. The lowest BCUT2D eigenvalue weighted by atomic mass is 10.2. The van der Waals surface area contributed by atoms with Crippen LogP contribution in [0.2, 0.25) is 0 Å². The number of carbonyl (C=O) groups is 1. The zero-order chi connectivity index (χ0) is 19.3. The average molecular weight is 377 g/mol. The Balaban J connectivity index is 3.46. The van der Waals surface area contributed by atoms with Gasteiger partial charge in [-0.2, -0.15) is 0 Å². The Bertz CT molecular complexity index is 473. The van der Waals surface area contributed by atoms with Crippen LogP contribution in [0.3, 0.4) is 0 Å². The lowest BCUT2D eigenvalue weighted by molar-refractivity contribution is -0.136. The van der Waals surface area contributed by atoms with E-state index in [4.69, 9.17) is 5.11 Å². The van der Waals surface area contributed by atoms with Gasteiger partial charge in [0, 0.05) is 0 Å². The molecule has 0 aromatic rings. The lowest BCUT2D eigenvalue weighted by Crippen LogP contribution is -2.11. The summed E-state index contributed by atoms with van der Waals surface area (Å²) in [6.07, 6.45) is 30.5. The molecule has 26 heavy (non-hydrogen) atoms. The van der Waals surface area contributed by atoms with Crippen molar-refractivity contribution in [3.05, 3.63) is 60.8 Å². The Morgan fingerprint density at radius 2 is 1.27 bits per heavy atom. The third-order valence-corrected chi connectivity index (χ3v) is 4.86. The Kier molecular flexibility index (Phi) is 18.7. The number of aliphatic carboxylic acids is 1. The predicted molar refractivity (Wildman–Crippen MR) is 118 cm³/mol. The maximum Gasteiger partial charge on any atom is 0.316 e. The predicted octanol–water partition coefficient (Wildman–Crippen LogP) is 7.11. The molecule has 0 spiro atoms. The van der Waals surface area contributed by atoms with Gasteiger partial charge in [0.1, 0.15) is 0 Å². The molecular weight excluding hydrogens is 340 g/mol. The van der Waals surface area contributed by atoms with Crippen LogP contribution in [0, 0.1) is 0 Å². The molecule has 1 atom stereocenters. The fraction of sp³-hybridized carbons (Fsp3) is 0.522. The minimum absolute atomic E-state index is 0.288. The molecule has 146 valence electrons. The van der Waals surface area contributed by atoms with Gasteiger partial charge >= 0.3 is 5.97 Å². The first-order valence-electron chi connectivity index (χ1n) is 9.77. The normalized spacial score (nSPS) is 13.9. The number of thioether (sulfide) groups is 1. The van der Waals surface area contributed by atoms with Crippen molar-refractivity contribution in [2.24, 2.45) is 0 Å². The van der Waals surface area contributed by atoms with Crippen LogP contribution in [-0.2, 0) is 4.79 Å². The Labute approximate surface area is 164 Å². The van der Waals surface area contributed by atoms with Gasteiger partial charge in [0.2, 0.25) is 0 Å². The molecule has 3 heteroatoms. The number of rotatable bonds is 16. The van der Waals surface area contributed by atoms with Crippen molar-refractivity contribution in [2.45, 2.75) is 70.5 Å². The van der Waals surface area contributed by atoms with E-state index >= 15 is 0 Å². The number of hydrogen-bond acceptors (Lipinski definition) is 2. The monoisotopic (exact) mass is 376 g/mol. The first-order valence-corrected chi connectivity index (χ1v) is 10.8. The number of carboxylic acid groups (broad SMARTS) is 1. The average Bonchev–Trinajstić information content (AvgIpc) is 2.63. The molecule has 0 bridgehead atoms. The minimum Gasteiger partial charge on any atom is -0.480 e. The smallest absolute Gasteiger partial charge is 0.316 e. The summed E-state index contributed by atoms with van der Waals surface area (Å²) in [6.45, 7) is 3.90. The molecule has 0 saturated heterocycles. The summed E-state index contributed by atoms with van der Waals surface area (Å²) in [7, 11) is 0. The van der Waals surface area contributed by atoms with Gasteiger partial charge in [-0.15, -0.1) is 11.8 Å². The number of hydrogen-bond donors (Lipinski definition) is 1. The van der Waals surface area contributed by atoms with Crippen molar-refractivity contribution < 1.29 is 9.90 Å². The second-order valence-corrected chi connectivity index (χ2v) is 7.50. The molecule has 0 saturated carbocycles. The first kappa shape index (κ1) is 24.5. The lowest BCUT2D eigenvalue weighted by Gasteiger charge is -2.04. The molecule has 1 N–H and O–H groups in total. The third-order valence-electron chi connectivity index (χ3n) is 3.64. The van der Waals surface area contributed by atoms with Crippen LogP contribution in [0.1, 0.15) is 65.2 Å². The molecule has 0 aromatic heterocycles. The van der Waals surface area contributed by atoms with Crippen molar-refractivity contribution in [2.75, 3.05) is 5.75 Å². The highest BCUT2D eigenvalue weighted by molar-refractivity contribution is 8.00. The van der Waals surface area contributed by atoms with Crippen LogP contribution in [0.5, 0.6) is 0 Å². The summed E-state index contributed by atoms with van der Waals surface area (Å²) in [6, 6.07) is 0. The van der Waals surface area contributed by atoms with Crippen LogP contribution < -0.4 is 0 Å². The Morgan fingerprint density at radius 3 is 1.73 bits per heavy atom. The van der Waals surface area contributed by atoms with Crippen molar-refractivity contribution >= 4 is 17.7 Å². The molecule has 1 unspecified atom stereocenters.